The summed E-state index contributed by atoms with van der Waals surface area (Å²) < 4.78 is 5.49. The number of benzene rings is 1. The molecule has 4 nitrogen and oxygen atoms in total. The second-order valence-corrected chi connectivity index (χ2v) is 8.33. The highest BCUT2D eigenvalue weighted by Gasteiger charge is 2.24. The van der Waals surface area contributed by atoms with Crippen LogP contribution in [0.15, 0.2) is 36.7 Å². The van der Waals surface area contributed by atoms with Crippen molar-refractivity contribution in [2.75, 3.05) is 0 Å². The van der Waals surface area contributed by atoms with E-state index in [2.05, 4.69) is 23.8 Å². The van der Waals surface area contributed by atoms with Gasteiger partial charge in [0, 0.05) is 18.3 Å². The van der Waals surface area contributed by atoms with Gasteiger partial charge in [-0.05, 0) is 62.1 Å². The fraction of sp³-hybridized carbons (Fsp3) is 0.560. The summed E-state index contributed by atoms with van der Waals surface area (Å²) in [5, 5.41) is 0. The standard InChI is InChI=1S/C25H34N2O2/c1-3-5-6-8-20-11-15-23(16-12-20)29-25(28)22-17-26-24(27-18-22)21-13-9-19(7-4-2)10-14-21/h11-12,15-19,21H,3-10,13-14H2,1-2H3/t19-,21-. The van der Waals surface area contributed by atoms with Gasteiger partial charge in [0.15, 0.2) is 0 Å². The van der Waals surface area contributed by atoms with Crippen molar-refractivity contribution in [3.8, 4) is 5.75 Å². The van der Waals surface area contributed by atoms with E-state index in [1.165, 1.54) is 50.5 Å². The number of aromatic nitrogens is 2. The van der Waals surface area contributed by atoms with Gasteiger partial charge in [0.05, 0.1) is 5.56 Å². The van der Waals surface area contributed by atoms with Gasteiger partial charge in [0.1, 0.15) is 11.6 Å². The predicted octanol–water partition coefficient (Wildman–Crippen LogP) is 6.50. The topological polar surface area (TPSA) is 52.1 Å². The van der Waals surface area contributed by atoms with Crippen molar-refractivity contribution in [1.82, 2.24) is 9.97 Å². The van der Waals surface area contributed by atoms with Crippen molar-refractivity contribution < 1.29 is 9.53 Å². The first-order chi connectivity index (χ1) is 14.2. The molecule has 1 aromatic heterocycles. The Kier molecular flexibility index (Phi) is 8.21. The summed E-state index contributed by atoms with van der Waals surface area (Å²) in [4.78, 5) is 21.4. The molecule has 1 fully saturated rings. The number of carbonyl (C=O) groups is 1. The molecule has 1 saturated carbocycles. The number of ether oxygens (including phenoxy) is 1. The second-order valence-electron chi connectivity index (χ2n) is 8.33. The predicted molar refractivity (Wildman–Crippen MR) is 116 cm³/mol. The quantitative estimate of drug-likeness (QED) is 0.277. The van der Waals surface area contributed by atoms with Crippen LogP contribution in [0.1, 0.15) is 99.3 Å². The zero-order valence-corrected chi connectivity index (χ0v) is 17.9. The Labute approximate surface area is 175 Å². The molecule has 0 bridgehead atoms. The Balaban J connectivity index is 1.51. The zero-order valence-electron chi connectivity index (χ0n) is 17.9. The largest absolute Gasteiger partial charge is 0.423 e. The maximum absolute atomic E-state index is 12.4. The lowest BCUT2D eigenvalue weighted by Crippen LogP contribution is -2.16. The van der Waals surface area contributed by atoms with Crippen LogP contribution in [0.2, 0.25) is 0 Å². The van der Waals surface area contributed by atoms with Gasteiger partial charge in [-0.15, -0.1) is 0 Å². The number of esters is 1. The average molecular weight is 395 g/mol. The molecule has 0 radical (unpaired) electrons. The highest BCUT2D eigenvalue weighted by Crippen LogP contribution is 2.36. The lowest BCUT2D eigenvalue weighted by atomic mass is 9.80. The molecular weight excluding hydrogens is 360 g/mol. The number of rotatable bonds is 9. The minimum absolute atomic E-state index is 0.401. The molecule has 4 heteroatoms. The maximum atomic E-state index is 12.4. The molecule has 0 spiro atoms. The van der Waals surface area contributed by atoms with Crippen LogP contribution >= 0.6 is 0 Å². The van der Waals surface area contributed by atoms with Crippen molar-refractivity contribution in [2.24, 2.45) is 5.92 Å². The van der Waals surface area contributed by atoms with Crippen LogP contribution in [0.3, 0.4) is 0 Å². The summed E-state index contributed by atoms with van der Waals surface area (Å²) in [5.74, 6) is 2.32. The summed E-state index contributed by atoms with van der Waals surface area (Å²) in [6.45, 7) is 4.46. The molecule has 3 rings (SSSR count). The maximum Gasteiger partial charge on any atom is 0.346 e. The Bertz CT molecular complexity index is 747. The van der Waals surface area contributed by atoms with E-state index < -0.39 is 5.97 Å². The van der Waals surface area contributed by atoms with E-state index in [0.717, 1.165) is 31.0 Å². The molecule has 1 aliphatic rings. The van der Waals surface area contributed by atoms with Gasteiger partial charge in [-0.3, -0.25) is 0 Å². The molecule has 0 amide bonds. The Morgan fingerprint density at radius 1 is 0.966 bits per heavy atom. The van der Waals surface area contributed by atoms with Crippen molar-refractivity contribution in [2.45, 2.75) is 84.0 Å². The van der Waals surface area contributed by atoms with Gasteiger partial charge in [0.2, 0.25) is 0 Å². The third-order valence-electron chi connectivity index (χ3n) is 6.02. The van der Waals surface area contributed by atoms with E-state index in [9.17, 15) is 4.79 Å². The van der Waals surface area contributed by atoms with Crippen LogP contribution in [-0.4, -0.2) is 15.9 Å². The third kappa shape index (κ3) is 6.38. The van der Waals surface area contributed by atoms with Crippen molar-refractivity contribution >= 4 is 5.97 Å². The summed E-state index contributed by atoms with van der Waals surface area (Å²) in [7, 11) is 0. The Morgan fingerprint density at radius 2 is 1.66 bits per heavy atom. The molecule has 1 aliphatic carbocycles. The lowest BCUT2D eigenvalue weighted by Gasteiger charge is -2.27. The molecular formula is C25H34N2O2. The van der Waals surface area contributed by atoms with Crippen molar-refractivity contribution in [1.29, 1.82) is 0 Å². The van der Waals surface area contributed by atoms with Gasteiger partial charge in [-0.2, -0.15) is 0 Å². The first-order valence-electron chi connectivity index (χ1n) is 11.3. The van der Waals surface area contributed by atoms with Gasteiger partial charge >= 0.3 is 5.97 Å². The van der Waals surface area contributed by atoms with Crippen LogP contribution < -0.4 is 4.74 Å². The lowest BCUT2D eigenvalue weighted by molar-refractivity contribution is 0.0733. The van der Waals surface area contributed by atoms with E-state index in [-0.39, 0.29) is 0 Å². The Hall–Kier alpha value is -2.23. The van der Waals surface area contributed by atoms with Gasteiger partial charge in [0.25, 0.3) is 0 Å². The molecule has 0 saturated heterocycles. The SMILES string of the molecule is CCCCCc1ccc(OC(=O)c2cnc([C@H]3CC[C@H](CCC)CC3)nc2)cc1. The van der Waals surface area contributed by atoms with Crippen molar-refractivity contribution in [3.63, 3.8) is 0 Å². The molecule has 156 valence electrons. The van der Waals surface area contributed by atoms with E-state index in [1.54, 1.807) is 12.4 Å². The van der Waals surface area contributed by atoms with Crippen LogP contribution in [-0.2, 0) is 6.42 Å². The molecule has 0 unspecified atom stereocenters. The summed E-state index contributed by atoms with van der Waals surface area (Å²) >= 11 is 0. The van der Waals surface area contributed by atoms with E-state index in [0.29, 0.717) is 17.2 Å². The van der Waals surface area contributed by atoms with Crippen molar-refractivity contribution in [3.05, 3.63) is 53.6 Å². The number of unbranched alkanes of at least 4 members (excludes halogenated alkanes) is 2. The smallest absolute Gasteiger partial charge is 0.346 e. The van der Waals surface area contributed by atoms with Crippen LogP contribution in [0.4, 0.5) is 0 Å². The van der Waals surface area contributed by atoms with Gasteiger partial charge in [-0.25, -0.2) is 14.8 Å². The number of hydrogen-bond acceptors (Lipinski definition) is 4. The molecule has 2 aromatic rings. The highest BCUT2D eigenvalue weighted by atomic mass is 16.5. The third-order valence-corrected chi connectivity index (χ3v) is 6.02. The average Bonchev–Trinajstić information content (AvgIpc) is 2.76. The molecule has 1 heterocycles. The monoisotopic (exact) mass is 394 g/mol. The summed E-state index contributed by atoms with van der Waals surface area (Å²) in [5.41, 5.74) is 1.68. The molecule has 0 N–H and O–H groups in total. The molecule has 0 aliphatic heterocycles. The van der Waals surface area contributed by atoms with E-state index in [1.807, 2.05) is 24.3 Å². The molecule has 1 aromatic carbocycles. The molecule has 29 heavy (non-hydrogen) atoms. The van der Waals surface area contributed by atoms with Gasteiger partial charge < -0.3 is 4.74 Å². The summed E-state index contributed by atoms with van der Waals surface area (Å²) in [6.07, 6.45) is 15.4. The van der Waals surface area contributed by atoms with Crippen LogP contribution in [0.5, 0.6) is 5.75 Å². The first kappa shape index (κ1) is 21.5. The summed E-state index contributed by atoms with van der Waals surface area (Å²) in [6, 6.07) is 7.80. The number of hydrogen-bond donors (Lipinski definition) is 0. The zero-order chi connectivity index (χ0) is 20.5. The first-order valence-corrected chi connectivity index (χ1v) is 11.3. The van der Waals surface area contributed by atoms with Gasteiger partial charge in [-0.1, -0.05) is 51.7 Å². The number of nitrogens with zero attached hydrogens (tertiary/aromatic N) is 2. The van der Waals surface area contributed by atoms with Crippen LogP contribution in [0, 0.1) is 5.92 Å². The number of carbonyl (C=O) groups excluding carboxylic acids is 1. The van der Waals surface area contributed by atoms with E-state index >= 15 is 0 Å². The minimum Gasteiger partial charge on any atom is -0.423 e. The fourth-order valence-corrected chi connectivity index (χ4v) is 4.24. The Morgan fingerprint density at radius 3 is 2.28 bits per heavy atom. The normalized spacial score (nSPS) is 19.1. The highest BCUT2D eigenvalue weighted by molar-refractivity contribution is 5.90. The van der Waals surface area contributed by atoms with Crippen LogP contribution in [0.25, 0.3) is 0 Å². The van der Waals surface area contributed by atoms with E-state index in [4.69, 9.17) is 4.74 Å². The number of aryl methyl sites for hydroxylation is 1. The molecule has 0 atom stereocenters. The minimum atomic E-state index is -0.401. The fourth-order valence-electron chi connectivity index (χ4n) is 4.24. The second kappa shape index (κ2) is 11.1.